The lowest BCUT2D eigenvalue weighted by molar-refractivity contribution is -0.869. The topological polar surface area (TPSA) is 61.8 Å². The van der Waals surface area contributed by atoms with Crippen molar-refractivity contribution >= 4 is 6.03 Å². The van der Waals surface area contributed by atoms with Crippen LogP contribution in [0.3, 0.4) is 0 Å². The fourth-order valence-corrected chi connectivity index (χ4v) is 0.650. The van der Waals surface area contributed by atoms with Gasteiger partial charge in [-0.15, -0.1) is 4.91 Å². The van der Waals surface area contributed by atoms with Crippen molar-refractivity contribution in [3.63, 3.8) is 0 Å². The minimum absolute atomic E-state index is 0. The molecule has 0 aliphatic carbocycles. The summed E-state index contributed by atoms with van der Waals surface area (Å²) in [6.07, 6.45) is 0. The average Bonchev–Trinajstić information content (AvgIpc) is 2.00. The van der Waals surface area contributed by atoms with E-state index in [2.05, 4.69) is 10.6 Å². The Labute approximate surface area is 90.2 Å². The maximum atomic E-state index is 11.0. The van der Waals surface area contributed by atoms with E-state index >= 15 is 0 Å². The van der Waals surface area contributed by atoms with E-state index in [1.54, 1.807) is 0 Å². The highest BCUT2D eigenvalue weighted by Crippen LogP contribution is 1.88. The first kappa shape index (κ1) is 15.6. The molecule has 0 fully saturated rings. The first-order chi connectivity index (χ1) is 5.87. The minimum atomic E-state index is -0.469. The highest BCUT2D eigenvalue weighted by molar-refractivity contribution is 5.73. The summed E-state index contributed by atoms with van der Waals surface area (Å²) in [5.74, 6) is 0. The third-order valence-corrected chi connectivity index (χ3v) is 1.48. The smallest absolute Gasteiger partial charge is 0.340 e. The molecule has 0 aliphatic rings. The Morgan fingerprint density at radius 1 is 1.43 bits per heavy atom. The summed E-state index contributed by atoms with van der Waals surface area (Å²) < 4.78 is 0.762. The standard InChI is InChI=1S/C7H16N4O2.ClH/c1-10(9-13)7(12)8-5-6-11(2,3)4;/h5-6H2,1-4H3;1H. The summed E-state index contributed by atoms with van der Waals surface area (Å²) in [6.45, 7) is 1.33. The molecule has 0 aromatic carbocycles. The van der Waals surface area contributed by atoms with E-state index in [4.69, 9.17) is 0 Å². The Balaban J connectivity index is 0. The summed E-state index contributed by atoms with van der Waals surface area (Å²) in [7, 11) is 7.38. The summed E-state index contributed by atoms with van der Waals surface area (Å²) >= 11 is 0. The van der Waals surface area contributed by atoms with Crippen molar-refractivity contribution in [2.24, 2.45) is 5.29 Å². The van der Waals surface area contributed by atoms with Crippen molar-refractivity contribution in [1.82, 2.24) is 10.3 Å². The van der Waals surface area contributed by atoms with Gasteiger partial charge >= 0.3 is 6.03 Å². The molecule has 84 valence electrons. The SMILES string of the molecule is CN(N=O)C(=O)NCC[N+](C)(C)C.[Cl-]. The first-order valence-corrected chi connectivity index (χ1v) is 4.02. The zero-order chi connectivity index (χ0) is 10.5. The molecule has 2 amide bonds. The summed E-state index contributed by atoms with van der Waals surface area (Å²) in [5, 5.41) is 5.77. The van der Waals surface area contributed by atoms with Crippen molar-refractivity contribution in [3.8, 4) is 0 Å². The predicted octanol–water partition coefficient (Wildman–Crippen LogP) is -2.98. The van der Waals surface area contributed by atoms with Crippen LogP contribution in [0.1, 0.15) is 0 Å². The van der Waals surface area contributed by atoms with Crippen molar-refractivity contribution in [2.45, 2.75) is 0 Å². The lowest BCUT2D eigenvalue weighted by Gasteiger charge is -2.23. The number of carbonyl (C=O) groups is 1. The van der Waals surface area contributed by atoms with Gasteiger partial charge in [-0.05, 0) is 0 Å². The highest BCUT2D eigenvalue weighted by atomic mass is 35.5. The Hall–Kier alpha value is -0.880. The Morgan fingerprint density at radius 2 is 1.93 bits per heavy atom. The molecule has 0 bridgehead atoms. The molecule has 0 aromatic heterocycles. The summed E-state index contributed by atoms with van der Waals surface area (Å²) in [6, 6.07) is -0.469. The van der Waals surface area contributed by atoms with Crippen LogP contribution in [0.2, 0.25) is 0 Å². The average molecular weight is 225 g/mol. The molecule has 14 heavy (non-hydrogen) atoms. The minimum Gasteiger partial charge on any atom is -1.00 e. The Kier molecular flexibility index (Phi) is 7.30. The third-order valence-electron chi connectivity index (χ3n) is 1.48. The van der Waals surface area contributed by atoms with Crippen LogP contribution >= 0.6 is 0 Å². The zero-order valence-electron chi connectivity index (χ0n) is 8.95. The van der Waals surface area contributed by atoms with Gasteiger partial charge in [-0.25, -0.2) is 4.79 Å². The lowest BCUT2D eigenvalue weighted by Crippen LogP contribution is -3.00. The van der Waals surface area contributed by atoms with Gasteiger partial charge < -0.3 is 22.2 Å². The van der Waals surface area contributed by atoms with Gasteiger partial charge in [-0.3, -0.25) is 0 Å². The molecule has 0 aromatic rings. The third kappa shape index (κ3) is 7.75. The van der Waals surface area contributed by atoms with Gasteiger partial charge in [0.25, 0.3) is 0 Å². The second kappa shape index (κ2) is 6.56. The predicted molar refractivity (Wildman–Crippen MR) is 49.9 cm³/mol. The van der Waals surface area contributed by atoms with Gasteiger partial charge in [-0.2, -0.15) is 5.01 Å². The van der Waals surface area contributed by atoms with Crippen LogP contribution in [0.15, 0.2) is 5.29 Å². The molecule has 0 saturated carbocycles. The maximum absolute atomic E-state index is 11.0. The molecule has 6 nitrogen and oxygen atoms in total. The first-order valence-electron chi connectivity index (χ1n) is 4.02. The van der Waals surface area contributed by atoms with Crippen LogP contribution in [0, 0.1) is 4.91 Å². The van der Waals surface area contributed by atoms with Crippen molar-refractivity contribution in [2.75, 3.05) is 41.3 Å². The normalized spacial score (nSPS) is 10.0. The van der Waals surface area contributed by atoms with Gasteiger partial charge in [0, 0.05) is 7.05 Å². The van der Waals surface area contributed by atoms with E-state index in [-0.39, 0.29) is 12.4 Å². The molecule has 7 heteroatoms. The number of rotatable bonds is 4. The molecule has 0 heterocycles. The molecule has 0 spiro atoms. The van der Waals surface area contributed by atoms with E-state index in [0.29, 0.717) is 6.54 Å². The number of likely N-dealkylation sites (N-methyl/N-ethyl adjacent to an activating group) is 1. The van der Waals surface area contributed by atoms with Gasteiger partial charge in [0.15, 0.2) is 0 Å². The van der Waals surface area contributed by atoms with Crippen LogP contribution in [0.25, 0.3) is 0 Å². The summed E-state index contributed by atoms with van der Waals surface area (Å²) in [5.41, 5.74) is 0. The van der Waals surface area contributed by atoms with E-state index in [1.807, 2.05) is 21.1 Å². The number of nitrogens with zero attached hydrogens (tertiary/aromatic N) is 3. The lowest BCUT2D eigenvalue weighted by atomic mass is 10.5. The second-order valence-corrected chi connectivity index (χ2v) is 3.85. The number of nitrogens with one attached hydrogen (secondary N) is 1. The summed E-state index contributed by atoms with van der Waals surface area (Å²) in [4.78, 5) is 20.9. The number of hydrogen-bond donors (Lipinski definition) is 1. The molecule has 0 aliphatic heterocycles. The largest absolute Gasteiger partial charge is 1.00 e. The number of quaternary nitrogens is 1. The highest BCUT2D eigenvalue weighted by Gasteiger charge is 2.10. The fraction of sp³-hybridized carbons (Fsp3) is 0.857. The van der Waals surface area contributed by atoms with Crippen molar-refractivity contribution in [3.05, 3.63) is 4.91 Å². The number of halogens is 1. The fourth-order valence-electron chi connectivity index (χ4n) is 0.650. The van der Waals surface area contributed by atoms with Gasteiger partial charge in [-0.1, -0.05) is 0 Å². The van der Waals surface area contributed by atoms with Gasteiger partial charge in [0.2, 0.25) is 0 Å². The van der Waals surface area contributed by atoms with Crippen LogP contribution in [0.4, 0.5) is 4.79 Å². The quantitative estimate of drug-likeness (QED) is 0.315. The molecular formula is C7H17ClN4O2. The van der Waals surface area contributed by atoms with Gasteiger partial charge in [0.1, 0.15) is 0 Å². The molecule has 0 radical (unpaired) electrons. The number of carbonyl (C=O) groups excluding carboxylic acids is 1. The number of amides is 2. The molecule has 0 saturated heterocycles. The number of urea groups is 1. The van der Waals surface area contributed by atoms with Crippen LogP contribution in [-0.2, 0) is 0 Å². The van der Waals surface area contributed by atoms with Crippen LogP contribution < -0.4 is 17.7 Å². The van der Waals surface area contributed by atoms with Crippen LogP contribution in [-0.4, -0.2) is 56.8 Å². The molecule has 0 unspecified atom stereocenters. The Bertz CT molecular complexity index is 193. The number of hydrogen-bond acceptors (Lipinski definition) is 3. The molecule has 1 N–H and O–H groups in total. The number of nitroso groups, excluding NO2 is 1. The molecule has 0 rings (SSSR count). The van der Waals surface area contributed by atoms with Crippen LogP contribution in [0.5, 0.6) is 0 Å². The van der Waals surface area contributed by atoms with E-state index < -0.39 is 6.03 Å². The second-order valence-electron chi connectivity index (χ2n) is 3.85. The van der Waals surface area contributed by atoms with Crippen molar-refractivity contribution < 1.29 is 21.7 Å². The Morgan fingerprint density at radius 3 is 2.29 bits per heavy atom. The van der Waals surface area contributed by atoms with Crippen molar-refractivity contribution in [1.29, 1.82) is 0 Å². The van der Waals surface area contributed by atoms with E-state index in [9.17, 15) is 9.70 Å². The molecule has 0 atom stereocenters. The van der Waals surface area contributed by atoms with Gasteiger partial charge in [0.05, 0.1) is 39.5 Å². The van der Waals surface area contributed by atoms with E-state index in [1.165, 1.54) is 7.05 Å². The molecular weight excluding hydrogens is 208 g/mol. The van der Waals surface area contributed by atoms with E-state index in [0.717, 1.165) is 16.0 Å². The monoisotopic (exact) mass is 224 g/mol. The maximum Gasteiger partial charge on any atom is 0.340 e. The zero-order valence-corrected chi connectivity index (χ0v) is 9.71.